The molecule has 2 rings (SSSR count). The molecule has 0 spiro atoms. The summed E-state index contributed by atoms with van der Waals surface area (Å²) in [6, 6.07) is 8.59. The molecular weight excluding hydrogens is 290 g/mol. The van der Waals surface area contributed by atoms with Gasteiger partial charge in [0.1, 0.15) is 0 Å². The molecule has 0 saturated heterocycles. The van der Waals surface area contributed by atoms with Crippen LogP contribution in [0.15, 0.2) is 34.9 Å². The fourth-order valence-corrected chi connectivity index (χ4v) is 2.37. The van der Waals surface area contributed by atoms with Crippen LogP contribution in [0, 0.1) is 0 Å². The fraction of sp³-hybridized carbons (Fsp3) is 0.429. The predicted molar refractivity (Wildman–Crippen MR) is 81.1 cm³/mol. The van der Waals surface area contributed by atoms with Crippen molar-refractivity contribution in [2.24, 2.45) is 0 Å². The molecule has 2 aromatic rings. The van der Waals surface area contributed by atoms with Crippen molar-refractivity contribution in [3.63, 3.8) is 0 Å². The van der Waals surface area contributed by atoms with Crippen molar-refractivity contribution >= 4 is 26.8 Å². The van der Waals surface area contributed by atoms with Crippen LogP contribution in [0.1, 0.15) is 0 Å². The Labute approximate surface area is 117 Å². The van der Waals surface area contributed by atoms with Gasteiger partial charge in [-0.2, -0.15) is 0 Å². The monoisotopic (exact) mass is 309 g/mol. The number of nitrogens with zero attached hydrogens (tertiary/aromatic N) is 2. The number of halogens is 1. The third kappa shape index (κ3) is 3.57. The van der Waals surface area contributed by atoms with Crippen molar-refractivity contribution in [3.8, 4) is 0 Å². The number of aromatic nitrogens is 1. The summed E-state index contributed by atoms with van der Waals surface area (Å²) < 4.78 is 3.43. The van der Waals surface area contributed by atoms with E-state index in [1.807, 2.05) is 0 Å². The Morgan fingerprint density at radius 3 is 2.83 bits per heavy atom. The van der Waals surface area contributed by atoms with Crippen LogP contribution in [0.5, 0.6) is 0 Å². The fourth-order valence-electron chi connectivity index (χ4n) is 1.99. The largest absolute Gasteiger partial charge is 0.346 e. The topological polar surface area (TPSA) is 20.2 Å². The summed E-state index contributed by atoms with van der Waals surface area (Å²) in [6.07, 6.45) is 2.16. The minimum absolute atomic E-state index is 1.01. The molecule has 1 aromatic heterocycles. The summed E-state index contributed by atoms with van der Waals surface area (Å²) in [7, 11) is 4.19. The molecule has 4 heteroatoms. The van der Waals surface area contributed by atoms with Crippen LogP contribution in [0.25, 0.3) is 10.9 Å². The van der Waals surface area contributed by atoms with Gasteiger partial charge < -0.3 is 14.8 Å². The summed E-state index contributed by atoms with van der Waals surface area (Å²) in [4.78, 5) is 2.19. The summed E-state index contributed by atoms with van der Waals surface area (Å²) >= 11 is 3.50. The van der Waals surface area contributed by atoms with Crippen LogP contribution < -0.4 is 5.32 Å². The maximum Gasteiger partial charge on any atom is 0.0481 e. The number of benzene rings is 1. The van der Waals surface area contributed by atoms with E-state index in [9.17, 15) is 0 Å². The highest BCUT2D eigenvalue weighted by Crippen LogP contribution is 2.20. The molecule has 0 aliphatic rings. The van der Waals surface area contributed by atoms with Gasteiger partial charge in [-0.15, -0.1) is 0 Å². The lowest BCUT2D eigenvalue weighted by Crippen LogP contribution is -2.28. The molecule has 0 fully saturated rings. The summed E-state index contributed by atoms with van der Waals surface area (Å²) in [5.74, 6) is 0. The van der Waals surface area contributed by atoms with Crippen molar-refractivity contribution in [1.29, 1.82) is 0 Å². The van der Waals surface area contributed by atoms with E-state index in [4.69, 9.17) is 0 Å². The molecule has 0 aliphatic heterocycles. The van der Waals surface area contributed by atoms with Crippen molar-refractivity contribution in [2.45, 2.75) is 6.54 Å². The maximum absolute atomic E-state index is 3.50. The number of rotatable bonds is 6. The van der Waals surface area contributed by atoms with Gasteiger partial charge in [-0.3, -0.25) is 0 Å². The summed E-state index contributed by atoms with van der Waals surface area (Å²) in [5, 5.41) is 4.75. The first-order valence-corrected chi connectivity index (χ1v) is 7.06. The van der Waals surface area contributed by atoms with E-state index in [-0.39, 0.29) is 0 Å². The predicted octanol–water partition coefficient (Wildman–Crippen LogP) is 2.56. The van der Waals surface area contributed by atoms with E-state index in [1.165, 1.54) is 10.9 Å². The number of hydrogen-bond acceptors (Lipinski definition) is 2. The van der Waals surface area contributed by atoms with E-state index in [1.54, 1.807) is 0 Å². The van der Waals surface area contributed by atoms with Gasteiger partial charge in [-0.25, -0.2) is 0 Å². The molecule has 3 nitrogen and oxygen atoms in total. The zero-order chi connectivity index (χ0) is 13.0. The second-order valence-electron chi connectivity index (χ2n) is 4.77. The Kier molecular flexibility index (Phi) is 4.80. The average molecular weight is 310 g/mol. The molecule has 98 valence electrons. The number of likely N-dealkylation sites (N-methyl/N-ethyl adjacent to an activating group) is 1. The van der Waals surface area contributed by atoms with E-state index in [0.29, 0.717) is 0 Å². The molecule has 0 saturated carbocycles. The van der Waals surface area contributed by atoms with Gasteiger partial charge in [-0.1, -0.05) is 15.9 Å². The Morgan fingerprint density at radius 1 is 1.22 bits per heavy atom. The highest BCUT2D eigenvalue weighted by molar-refractivity contribution is 9.10. The Balaban J connectivity index is 1.88. The molecule has 0 unspecified atom stereocenters. The lowest BCUT2D eigenvalue weighted by Gasteiger charge is -2.11. The molecule has 0 atom stereocenters. The van der Waals surface area contributed by atoms with Gasteiger partial charge >= 0.3 is 0 Å². The van der Waals surface area contributed by atoms with Crippen LogP contribution in [0.2, 0.25) is 0 Å². The van der Waals surface area contributed by atoms with Gasteiger partial charge in [0.15, 0.2) is 0 Å². The van der Waals surface area contributed by atoms with Crippen LogP contribution in [-0.2, 0) is 6.54 Å². The molecule has 1 aromatic carbocycles. The van der Waals surface area contributed by atoms with Gasteiger partial charge in [0.2, 0.25) is 0 Å². The Bertz CT molecular complexity index is 505. The minimum atomic E-state index is 1.01. The number of hydrogen-bond donors (Lipinski definition) is 1. The van der Waals surface area contributed by atoms with Crippen LogP contribution in [-0.4, -0.2) is 43.2 Å². The Hall–Kier alpha value is -0.840. The molecule has 0 bridgehead atoms. The van der Waals surface area contributed by atoms with Crippen LogP contribution in [0.3, 0.4) is 0 Å². The Morgan fingerprint density at radius 2 is 2.06 bits per heavy atom. The summed E-state index contributed by atoms with van der Waals surface area (Å²) in [6.45, 7) is 4.14. The first-order valence-electron chi connectivity index (χ1n) is 6.26. The molecule has 0 aliphatic carbocycles. The van der Waals surface area contributed by atoms with E-state index in [0.717, 1.165) is 30.7 Å². The highest BCUT2D eigenvalue weighted by atomic mass is 79.9. The first-order chi connectivity index (χ1) is 8.66. The standard InChI is InChI=1S/C14H20BrN3/c1-17(2)9-6-16-7-10-18-8-5-12-11-13(15)3-4-14(12)18/h3-5,8,11,16H,6-7,9-10H2,1-2H3. The third-order valence-electron chi connectivity index (χ3n) is 3.00. The van der Waals surface area contributed by atoms with Gasteiger partial charge in [0.05, 0.1) is 0 Å². The SMILES string of the molecule is CN(C)CCNCCn1ccc2cc(Br)ccc21. The smallest absolute Gasteiger partial charge is 0.0481 e. The normalized spacial score (nSPS) is 11.6. The molecule has 0 radical (unpaired) electrons. The van der Waals surface area contributed by atoms with Crippen LogP contribution >= 0.6 is 15.9 Å². The molecule has 18 heavy (non-hydrogen) atoms. The van der Waals surface area contributed by atoms with Crippen molar-refractivity contribution in [2.75, 3.05) is 33.7 Å². The van der Waals surface area contributed by atoms with Gasteiger partial charge in [0.25, 0.3) is 0 Å². The zero-order valence-electron chi connectivity index (χ0n) is 11.0. The molecular formula is C14H20BrN3. The quantitative estimate of drug-likeness (QED) is 0.828. The lowest BCUT2D eigenvalue weighted by atomic mass is 10.2. The number of nitrogens with one attached hydrogen (secondary N) is 1. The van der Waals surface area contributed by atoms with Crippen molar-refractivity contribution in [3.05, 3.63) is 34.9 Å². The second-order valence-corrected chi connectivity index (χ2v) is 5.68. The second kappa shape index (κ2) is 6.36. The van der Waals surface area contributed by atoms with Crippen LogP contribution in [0.4, 0.5) is 0 Å². The third-order valence-corrected chi connectivity index (χ3v) is 3.49. The lowest BCUT2D eigenvalue weighted by molar-refractivity contribution is 0.398. The van der Waals surface area contributed by atoms with Crippen molar-refractivity contribution in [1.82, 2.24) is 14.8 Å². The minimum Gasteiger partial charge on any atom is -0.346 e. The highest BCUT2D eigenvalue weighted by Gasteiger charge is 2.00. The number of fused-ring (bicyclic) bond motifs is 1. The molecule has 0 amide bonds. The molecule has 1 N–H and O–H groups in total. The first kappa shape index (κ1) is 13.6. The van der Waals surface area contributed by atoms with E-state index in [2.05, 4.69) is 75.3 Å². The van der Waals surface area contributed by atoms with E-state index < -0.39 is 0 Å². The van der Waals surface area contributed by atoms with Gasteiger partial charge in [-0.05, 0) is 38.4 Å². The molecule has 1 heterocycles. The van der Waals surface area contributed by atoms with Gasteiger partial charge in [0, 0.05) is 47.8 Å². The maximum atomic E-state index is 3.50. The zero-order valence-corrected chi connectivity index (χ0v) is 12.6. The summed E-state index contributed by atoms with van der Waals surface area (Å²) in [5.41, 5.74) is 1.30. The average Bonchev–Trinajstić information content (AvgIpc) is 2.70. The van der Waals surface area contributed by atoms with Crippen molar-refractivity contribution < 1.29 is 0 Å². The van der Waals surface area contributed by atoms with E-state index >= 15 is 0 Å².